The monoisotopic (exact) mass is 370 g/mol. The van der Waals surface area contributed by atoms with Gasteiger partial charge in [0.25, 0.3) is 0 Å². The van der Waals surface area contributed by atoms with Gasteiger partial charge in [0.2, 0.25) is 0 Å². The summed E-state index contributed by atoms with van der Waals surface area (Å²) in [6, 6.07) is 4.61. The highest BCUT2D eigenvalue weighted by Gasteiger charge is 2.48. The first-order valence-electron chi connectivity index (χ1n) is 6.94. The van der Waals surface area contributed by atoms with Gasteiger partial charge in [-0.3, -0.25) is 0 Å². The summed E-state index contributed by atoms with van der Waals surface area (Å²) in [4.78, 5) is 11.5. The fourth-order valence-electron chi connectivity index (χ4n) is 2.01. The van der Waals surface area contributed by atoms with Gasteiger partial charge in [0.1, 0.15) is 5.75 Å². The molecule has 0 aromatic heterocycles. The number of alkyl halides is 3. The van der Waals surface area contributed by atoms with E-state index >= 15 is 0 Å². The molecule has 1 atom stereocenters. The predicted octanol–water partition coefficient (Wildman–Crippen LogP) is 2.73. The van der Waals surface area contributed by atoms with Crippen LogP contribution in [0.4, 0.5) is 13.2 Å². The Bertz CT molecular complexity index is 669. The predicted molar refractivity (Wildman–Crippen MR) is 78.0 cm³/mol. The van der Waals surface area contributed by atoms with Crippen LogP contribution in [0.2, 0.25) is 0 Å². The summed E-state index contributed by atoms with van der Waals surface area (Å²) in [5.74, 6) is -1.68. The van der Waals surface area contributed by atoms with E-state index in [1.165, 1.54) is 12.1 Å². The smallest absolute Gasteiger partial charge is 0.479 e. The highest BCUT2D eigenvalue weighted by atomic mass is 32.2. The van der Waals surface area contributed by atoms with E-state index in [0.29, 0.717) is 5.56 Å². The number of rotatable bonds is 8. The Kier molecular flexibility index (Phi) is 6.23. The van der Waals surface area contributed by atoms with Crippen molar-refractivity contribution in [2.45, 2.75) is 37.8 Å². The van der Waals surface area contributed by atoms with Crippen molar-refractivity contribution in [1.82, 2.24) is 0 Å². The number of carboxylic acid groups (broad SMARTS) is 1. The Morgan fingerprint density at radius 2 is 1.71 bits per heavy atom. The van der Waals surface area contributed by atoms with Gasteiger partial charge < -0.3 is 14.0 Å². The van der Waals surface area contributed by atoms with Crippen LogP contribution in [0.1, 0.15) is 25.8 Å². The molecule has 1 rings (SSSR count). The molecule has 1 aromatic carbocycles. The molecule has 0 aliphatic rings. The lowest BCUT2D eigenvalue weighted by Gasteiger charge is -2.28. The number of benzene rings is 1. The van der Waals surface area contributed by atoms with Crippen LogP contribution < -0.4 is 4.18 Å². The zero-order valence-electron chi connectivity index (χ0n) is 13.0. The molecule has 0 heterocycles. The second-order valence-corrected chi connectivity index (χ2v) is 6.43. The Balaban J connectivity index is 2.97. The summed E-state index contributed by atoms with van der Waals surface area (Å²) >= 11 is 0. The molecule has 0 saturated carbocycles. The van der Waals surface area contributed by atoms with Gasteiger partial charge in [0, 0.05) is 13.0 Å². The third-order valence-corrected chi connectivity index (χ3v) is 4.26. The second kappa shape index (κ2) is 7.39. The van der Waals surface area contributed by atoms with Crippen molar-refractivity contribution in [3.05, 3.63) is 29.8 Å². The van der Waals surface area contributed by atoms with Crippen LogP contribution in [0.15, 0.2) is 24.3 Å². The van der Waals surface area contributed by atoms with Crippen molar-refractivity contribution in [2.24, 2.45) is 0 Å². The topological polar surface area (TPSA) is 89.9 Å². The van der Waals surface area contributed by atoms with Gasteiger partial charge in [-0.15, -0.1) is 0 Å². The highest BCUT2D eigenvalue weighted by Crippen LogP contribution is 2.28. The van der Waals surface area contributed by atoms with Crippen LogP contribution in [-0.2, 0) is 26.1 Å². The van der Waals surface area contributed by atoms with Crippen LogP contribution in [0.5, 0.6) is 5.75 Å². The molecule has 6 nitrogen and oxygen atoms in total. The maximum absolute atomic E-state index is 12.2. The molecule has 0 bridgehead atoms. The lowest BCUT2D eigenvalue weighted by molar-refractivity contribution is -0.166. The number of halogens is 3. The maximum atomic E-state index is 12.2. The molecule has 24 heavy (non-hydrogen) atoms. The van der Waals surface area contributed by atoms with Gasteiger partial charge in [0.05, 0.1) is 0 Å². The minimum absolute atomic E-state index is 0.0288. The summed E-state index contributed by atoms with van der Waals surface area (Å²) in [5, 5.41) is 9.36. The Morgan fingerprint density at radius 3 is 2.08 bits per heavy atom. The summed E-state index contributed by atoms with van der Waals surface area (Å²) in [5.41, 5.74) is -6.54. The van der Waals surface area contributed by atoms with Crippen molar-refractivity contribution in [3.8, 4) is 5.75 Å². The summed E-state index contributed by atoms with van der Waals surface area (Å²) in [6.07, 6.45) is 0.149. The number of carbonyl (C=O) groups is 1. The van der Waals surface area contributed by atoms with E-state index < -0.39 is 32.9 Å². The Hall–Kier alpha value is -1.81. The largest absolute Gasteiger partial charge is 0.534 e. The molecule has 0 saturated heterocycles. The maximum Gasteiger partial charge on any atom is 0.534 e. The van der Waals surface area contributed by atoms with Gasteiger partial charge in [-0.05, 0) is 31.0 Å². The van der Waals surface area contributed by atoms with E-state index in [1.807, 2.05) is 0 Å². The molecule has 0 unspecified atom stereocenters. The van der Waals surface area contributed by atoms with Crippen LogP contribution >= 0.6 is 0 Å². The molecule has 0 amide bonds. The number of carboxylic acids is 1. The van der Waals surface area contributed by atoms with Gasteiger partial charge in [-0.1, -0.05) is 19.1 Å². The molecule has 0 fully saturated rings. The van der Waals surface area contributed by atoms with Gasteiger partial charge in [-0.2, -0.15) is 21.6 Å². The zero-order valence-corrected chi connectivity index (χ0v) is 13.8. The second-order valence-electron chi connectivity index (χ2n) is 4.89. The van der Waals surface area contributed by atoms with Crippen LogP contribution in [0, 0.1) is 0 Å². The molecule has 136 valence electrons. The fourth-order valence-corrected chi connectivity index (χ4v) is 2.47. The van der Waals surface area contributed by atoms with E-state index in [4.69, 9.17) is 4.74 Å². The summed E-state index contributed by atoms with van der Waals surface area (Å²) < 4.78 is 67.9. The first-order valence-corrected chi connectivity index (χ1v) is 8.35. The highest BCUT2D eigenvalue weighted by molar-refractivity contribution is 7.87. The zero-order chi connectivity index (χ0) is 18.6. The lowest BCUT2D eigenvalue weighted by Crippen LogP contribution is -2.43. The van der Waals surface area contributed by atoms with E-state index in [2.05, 4.69) is 4.18 Å². The molecule has 1 aromatic rings. The molecule has 10 heteroatoms. The molecule has 0 spiro atoms. The molecular weight excluding hydrogens is 353 g/mol. The van der Waals surface area contributed by atoms with E-state index in [9.17, 15) is 31.5 Å². The molecule has 0 aliphatic heterocycles. The Morgan fingerprint density at radius 1 is 1.17 bits per heavy atom. The van der Waals surface area contributed by atoms with Crippen LogP contribution in [0.25, 0.3) is 0 Å². The van der Waals surface area contributed by atoms with Crippen molar-refractivity contribution in [3.63, 3.8) is 0 Å². The lowest BCUT2D eigenvalue weighted by atomic mass is 9.91. The first-order chi connectivity index (χ1) is 11.0. The average Bonchev–Trinajstić information content (AvgIpc) is 2.47. The van der Waals surface area contributed by atoms with Crippen molar-refractivity contribution >= 4 is 16.1 Å². The standard InChI is InChI=1S/C14H17F3O6S/c1-3-13(12(18)19,22-4-2)9-10-5-7-11(8-6-10)23-24(20,21)14(15,16)17/h5-8H,3-4,9H2,1-2H3,(H,18,19)/t13-/m0/s1. The normalized spacial score (nSPS) is 14.9. The Labute approximate surface area is 137 Å². The first kappa shape index (κ1) is 20.2. The van der Waals surface area contributed by atoms with E-state index in [-0.39, 0.29) is 19.4 Å². The minimum atomic E-state index is -5.74. The van der Waals surface area contributed by atoms with Crippen molar-refractivity contribution < 1.29 is 40.4 Å². The third-order valence-electron chi connectivity index (χ3n) is 3.28. The quantitative estimate of drug-likeness (QED) is 0.559. The number of hydrogen-bond donors (Lipinski definition) is 1. The van der Waals surface area contributed by atoms with Crippen molar-refractivity contribution in [1.29, 1.82) is 0 Å². The number of ether oxygens (including phenoxy) is 1. The summed E-state index contributed by atoms with van der Waals surface area (Å²) in [6.45, 7) is 3.45. The third kappa shape index (κ3) is 4.60. The molecule has 1 N–H and O–H groups in total. The van der Waals surface area contributed by atoms with E-state index in [0.717, 1.165) is 12.1 Å². The molecular formula is C14H17F3O6S. The molecule has 0 aliphatic carbocycles. The van der Waals surface area contributed by atoms with Crippen molar-refractivity contribution in [2.75, 3.05) is 6.61 Å². The number of hydrogen-bond acceptors (Lipinski definition) is 5. The van der Waals surface area contributed by atoms with Crippen LogP contribution in [0.3, 0.4) is 0 Å². The molecule has 0 radical (unpaired) electrons. The fraction of sp³-hybridized carbons (Fsp3) is 0.500. The number of aliphatic carboxylic acids is 1. The van der Waals surface area contributed by atoms with Crippen LogP contribution in [-0.4, -0.2) is 37.2 Å². The van der Waals surface area contributed by atoms with Gasteiger partial charge >= 0.3 is 21.6 Å². The van der Waals surface area contributed by atoms with E-state index in [1.54, 1.807) is 13.8 Å². The van der Waals surface area contributed by atoms with Gasteiger partial charge in [0.15, 0.2) is 5.60 Å². The average molecular weight is 370 g/mol. The SMILES string of the molecule is CCO[C@@](CC)(Cc1ccc(OS(=O)(=O)C(F)(F)F)cc1)C(=O)O. The minimum Gasteiger partial charge on any atom is -0.479 e. The summed E-state index contributed by atoms with van der Waals surface area (Å²) in [7, 11) is -5.74. The van der Waals surface area contributed by atoms with Gasteiger partial charge in [-0.25, -0.2) is 4.79 Å².